The molecule has 0 spiro atoms. The molecular weight excluding hydrogens is 342 g/mol. The summed E-state index contributed by atoms with van der Waals surface area (Å²) in [5, 5.41) is 6.90. The van der Waals surface area contributed by atoms with Crippen LogP contribution in [0, 0.1) is 0 Å². The Bertz CT molecular complexity index is 955. The summed E-state index contributed by atoms with van der Waals surface area (Å²) in [7, 11) is 0. The Kier molecular flexibility index (Phi) is 5.64. The van der Waals surface area contributed by atoms with Gasteiger partial charge in [0, 0.05) is 30.5 Å². The zero-order chi connectivity index (χ0) is 19.1. The van der Waals surface area contributed by atoms with Gasteiger partial charge in [-0.3, -0.25) is 19.6 Å². The normalized spacial score (nSPS) is 10.9. The number of benzene rings is 1. The average molecular weight is 359 g/mol. The fourth-order valence-corrected chi connectivity index (χ4v) is 2.26. The lowest BCUT2D eigenvalue weighted by Crippen LogP contribution is -2.19. The summed E-state index contributed by atoms with van der Waals surface area (Å²) in [6.07, 6.45) is 6.19. The summed E-state index contributed by atoms with van der Waals surface area (Å²) in [6.45, 7) is 1.78. The largest absolute Gasteiger partial charge is 0.322 e. The van der Waals surface area contributed by atoms with Gasteiger partial charge in [0.2, 0.25) is 0 Å². The molecule has 0 bridgehead atoms. The van der Waals surface area contributed by atoms with Crippen LogP contribution in [0.25, 0.3) is 0 Å². The fraction of sp³-hybridized carbons (Fsp3) is 0.0500. The highest BCUT2D eigenvalue weighted by Gasteiger charge is 2.07. The van der Waals surface area contributed by atoms with Gasteiger partial charge in [0.05, 0.1) is 16.8 Å². The molecule has 2 amide bonds. The molecule has 0 unspecified atom stereocenters. The molecule has 27 heavy (non-hydrogen) atoms. The molecule has 0 radical (unpaired) electrons. The first-order valence-electron chi connectivity index (χ1n) is 8.20. The number of hydrazone groups is 1. The van der Waals surface area contributed by atoms with Crippen molar-refractivity contribution < 1.29 is 9.59 Å². The Morgan fingerprint density at radius 2 is 1.41 bits per heavy atom. The summed E-state index contributed by atoms with van der Waals surface area (Å²) < 4.78 is 0. The van der Waals surface area contributed by atoms with Gasteiger partial charge in [-0.2, -0.15) is 5.10 Å². The van der Waals surface area contributed by atoms with Gasteiger partial charge in [0.15, 0.2) is 0 Å². The molecule has 0 saturated carbocycles. The monoisotopic (exact) mass is 359 g/mol. The Hall–Kier alpha value is -3.87. The van der Waals surface area contributed by atoms with Gasteiger partial charge >= 0.3 is 0 Å². The second-order valence-corrected chi connectivity index (χ2v) is 5.65. The van der Waals surface area contributed by atoms with Crippen molar-refractivity contribution in [3.8, 4) is 0 Å². The van der Waals surface area contributed by atoms with E-state index in [1.807, 2.05) is 12.1 Å². The van der Waals surface area contributed by atoms with E-state index in [4.69, 9.17) is 0 Å². The topological polar surface area (TPSA) is 96.3 Å². The van der Waals surface area contributed by atoms with E-state index in [-0.39, 0.29) is 11.8 Å². The van der Waals surface area contributed by atoms with E-state index in [1.165, 1.54) is 12.4 Å². The predicted molar refractivity (Wildman–Crippen MR) is 103 cm³/mol. The Labute approximate surface area is 156 Å². The Balaban J connectivity index is 1.62. The third-order valence-electron chi connectivity index (χ3n) is 3.73. The van der Waals surface area contributed by atoms with Crippen LogP contribution in [0.15, 0.2) is 78.4 Å². The van der Waals surface area contributed by atoms with Crippen LogP contribution in [-0.2, 0) is 0 Å². The molecule has 3 aromatic rings. The molecule has 0 aliphatic heterocycles. The first kappa shape index (κ1) is 17.9. The molecule has 0 saturated heterocycles. The Morgan fingerprint density at radius 3 is 1.96 bits per heavy atom. The lowest BCUT2D eigenvalue weighted by molar-refractivity contribution is 0.0953. The standard InChI is InChI=1S/C20H17N5O2/c1-14(24-25-20(27)17-5-3-11-22-13-17)15-6-8-18(9-7-15)23-19(26)16-4-2-10-21-12-16/h2-13H,1H3,(H,23,26)(H,25,27)/b24-14+. The van der Waals surface area contributed by atoms with Gasteiger partial charge < -0.3 is 5.32 Å². The van der Waals surface area contributed by atoms with Gasteiger partial charge in [-0.1, -0.05) is 12.1 Å². The minimum Gasteiger partial charge on any atom is -0.322 e. The molecule has 2 heterocycles. The molecule has 0 atom stereocenters. The first-order valence-corrected chi connectivity index (χ1v) is 8.20. The number of amides is 2. The quantitative estimate of drug-likeness (QED) is 0.541. The SMILES string of the molecule is C/C(=N\NC(=O)c1cccnc1)c1ccc(NC(=O)c2cccnc2)cc1. The van der Waals surface area contributed by atoms with Gasteiger partial charge in [-0.25, -0.2) is 5.43 Å². The molecule has 2 aromatic heterocycles. The van der Waals surface area contributed by atoms with Crippen molar-refractivity contribution in [2.24, 2.45) is 5.10 Å². The van der Waals surface area contributed by atoms with Crippen LogP contribution in [0.2, 0.25) is 0 Å². The van der Waals surface area contributed by atoms with Crippen LogP contribution in [0.3, 0.4) is 0 Å². The first-order chi connectivity index (χ1) is 13.1. The van der Waals surface area contributed by atoms with Crippen LogP contribution >= 0.6 is 0 Å². The van der Waals surface area contributed by atoms with Crippen molar-refractivity contribution in [2.45, 2.75) is 6.92 Å². The number of carbonyl (C=O) groups is 2. The van der Waals surface area contributed by atoms with E-state index in [2.05, 4.69) is 25.8 Å². The molecular formula is C20H17N5O2. The van der Waals surface area contributed by atoms with Gasteiger partial charge in [0.1, 0.15) is 0 Å². The highest BCUT2D eigenvalue weighted by atomic mass is 16.2. The molecule has 3 rings (SSSR count). The number of aromatic nitrogens is 2. The number of anilines is 1. The predicted octanol–water partition coefficient (Wildman–Crippen LogP) is 2.88. The maximum atomic E-state index is 12.1. The molecule has 0 aliphatic carbocycles. The summed E-state index contributed by atoms with van der Waals surface area (Å²) >= 11 is 0. The summed E-state index contributed by atoms with van der Waals surface area (Å²) in [4.78, 5) is 31.9. The van der Waals surface area contributed by atoms with Gasteiger partial charge in [0.25, 0.3) is 11.8 Å². The van der Waals surface area contributed by atoms with Crippen molar-refractivity contribution in [1.82, 2.24) is 15.4 Å². The molecule has 0 aliphatic rings. The number of rotatable bonds is 5. The number of hydrogen-bond donors (Lipinski definition) is 2. The van der Waals surface area contributed by atoms with Crippen molar-refractivity contribution in [3.05, 3.63) is 90.0 Å². The van der Waals surface area contributed by atoms with E-state index >= 15 is 0 Å². The van der Waals surface area contributed by atoms with Crippen molar-refractivity contribution in [3.63, 3.8) is 0 Å². The van der Waals surface area contributed by atoms with Gasteiger partial charge in [-0.15, -0.1) is 0 Å². The number of nitrogens with zero attached hydrogens (tertiary/aromatic N) is 3. The molecule has 7 nitrogen and oxygen atoms in total. The fourth-order valence-electron chi connectivity index (χ4n) is 2.26. The third kappa shape index (κ3) is 4.82. The van der Waals surface area contributed by atoms with E-state index in [1.54, 1.807) is 55.7 Å². The highest BCUT2D eigenvalue weighted by molar-refractivity contribution is 6.05. The minimum absolute atomic E-state index is 0.232. The third-order valence-corrected chi connectivity index (χ3v) is 3.73. The van der Waals surface area contributed by atoms with Crippen molar-refractivity contribution in [1.29, 1.82) is 0 Å². The highest BCUT2D eigenvalue weighted by Crippen LogP contribution is 2.12. The zero-order valence-electron chi connectivity index (χ0n) is 14.6. The number of pyridine rings is 2. The lowest BCUT2D eigenvalue weighted by Gasteiger charge is -2.07. The summed E-state index contributed by atoms with van der Waals surface area (Å²) in [5.74, 6) is -0.562. The van der Waals surface area contributed by atoms with E-state index in [0.29, 0.717) is 22.5 Å². The molecule has 0 fully saturated rings. The summed E-state index contributed by atoms with van der Waals surface area (Å²) in [5.41, 5.74) is 5.52. The lowest BCUT2D eigenvalue weighted by atomic mass is 10.1. The average Bonchev–Trinajstić information content (AvgIpc) is 2.73. The summed E-state index contributed by atoms with van der Waals surface area (Å²) in [6, 6.07) is 13.9. The maximum Gasteiger partial charge on any atom is 0.272 e. The van der Waals surface area contributed by atoms with Crippen LogP contribution < -0.4 is 10.7 Å². The second-order valence-electron chi connectivity index (χ2n) is 5.65. The van der Waals surface area contributed by atoms with E-state index in [9.17, 15) is 9.59 Å². The maximum absolute atomic E-state index is 12.1. The van der Waals surface area contributed by atoms with Crippen LogP contribution in [0.1, 0.15) is 33.2 Å². The number of carbonyl (C=O) groups excluding carboxylic acids is 2. The molecule has 134 valence electrons. The molecule has 1 aromatic carbocycles. The van der Waals surface area contributed by atoms with Crippen LogP contribution in [-0.4, -0.2) is 27.5 Å². The van der Waals surface area contributed by atoms with Crippen LogP contribution in [0.5, 0.6) is 0 Å². The van der Waals surface area contributed by atoms with Crippen molar-refractivity contribution in [2.75, 3.05) is 5.32 Å². The molecule has 2 N–H and O–H groups in total. The zero-order valence-corrected chi connectivity index (χ0v) is 14.6. The second kappa shape index (κ2) is 8.48. The number of nitrogens with one attached hydrogen (secondary N) is 2. The van der Waals surface area contributed by atoms with Gasteiger partial charge in [-0.05, 0) is 48.9 Å². The van der Waals surface area contributed by atoms with Crippen LogP contribution in [0.4, 0.5) is 5.69 Å². The number of hydrogen-bond acceptors (Lipinski definition) is 5. The molecule has 7 heteroatoms. The Morgan fingerprint density at radius 1 is 0.815 bits per heavy atom. The van der Waals surface area contributed by atoms with E-state index < -0.39 is 0 Å². The minimum atomic E-state index is -0.331. The van der Waals surface area contributed by atoms with Crippen molar-refractivity contribution >= 4 is 23.2 Å². The van der Waals surface area contributed by atoms with E-state index in [0.717, 1.165) is 5.56 Å². The smallest absolute Gasteiger partial charge is 0.272 e.